The summed E-state index contributed by atoms with van der Waals surface area (Å²) in [7, 11) is 0. The minimum absolute atomic E-state index is 0.305. The van der Waals surface area contributed by atoms with Gasteiger partial charge in [-0.25, -0.2) is 0 Å². The average molecular weight is 205 g/mol. The van der Waals surface area contributed by atoms with E-state index in [-0.39, 0.29) is 6.10 Å². The highest BCUT2D eigenvalue weighted by Gasteiger charge is 1.99. The number of hydrogen-bond donors (Lipinski definition) is 3. The predicted molar refractivity (Wildman–Crippen MR) is 59.5 cm³/mol. The molecule has 2 rings (SSSR count). The zero-order valence-corrected chi connectivity index (χ0v) is 8.70. The lowest BCUT2D eigenvalue weighted by atomic mass is 10.1. The fourth-order valence-corrected chi connectivity index (χ4v) is 1.52. The molecule has 4 heteroatoms. The van der Waals surface area contributed by atoms with Gasteiger partial charge in [0.25, 0.3) is 0 Å². The molecule has 2 aromatic rings. The van der Waals surface area contributed by atoms with Gasteiger partial charge >= 0.3 is 0 Å². The lowest BCUT2D eigenvalue weighted by molar-refractivity contribution is 0.191. The van der Waals surface area contributed by atoms with Crippen molar-refractivity contribution in [3.8, 4) is 0 Å². The Morgan fingerprint density at radius 2 is 2.40 bits per heavy atom. The van der Waals surface area contributed by atoms with Crippen LogP contribution in [0.4, 0.5) is 0 Å². The van der Waals surface area contributed by atoms with Crippen molar-refractivity contribution >= 4 is 10.9 Å². The van der Waals surface area contributed by atoms with Crippen molar-refractivity contribution < 1.29 is 5.11 Å². The summed E-state index contributed by atoms with van der Waals surface area (Å²) >= 11 is 0. The van der Waals surface area contributed by atoms with Crippen LogP contribution in [0.1, 0.15) is 12.5 Å². The second-order valence-electron chi connectivity index (χ2n) is 3.77. The first-order chi connectivity index (χ1) is 7.25. The molecule has 0 spiro atoms. The van der Waals surface area contributed by atoms with Crippen molar-refractivity contribution in [2.24, 2.45) is 0 Å². The maximum absolute atomic E-state index is 9.09. The molecule has 0 saturated carbocycles. The minimum atomic E-state index is -0.305. The van der Waals surface area contributed by atoms with Crippen LogP contribution < -0.4 is 5.32 Å². The molecular formula is C11H15N3O. The number of rotatable bonds is 4. The molecule has 3 N–H and O–H groups in total. The van der Waals surface area contributed by atoms with E-state index in [4.69, 9.17) is 5.11 Å². The lowest BCUT2D eigenvalue weighted by Crippen LogP contribution is -2.23. The summed E-state index contributed by atoms with van der Waals surface area (Å²) < 4.78 is 0. The third-order valence-corrected chi connectivity index (χ3v) is 2.28. The van der Waals surface area contributed by atoms with E-state index in [2.05, 4.69) is 27.6 Å². The molecular weight excluding hydrogens is 190 g/mol. The molecule has 15 heavy (non-hydrogen) atoms. The van der Waals surface area contributed by atoms with Gasteiger partial charge in [-0.3, -0.25) is 5.10 Å². The van der Waals surface area contributed by atoms with Crippen molar-refractivity contribution in [2.45, 2.75) is 19.6 Å². The Bertz CT molecular complexity index is 436. The third kappa shape index (κ3) is 2.55. The van der Waals surface area contributed by atoms with Crippen molar-refractivity contribution in [1.82, 2.24) is 15.5 Å². The maximum Gasteiger partial charge on any atom is 0.0653 e. The van der Waals surface area contributed by atoms with Crippen molar-refractivity contribution in [1.29, 1.82) is 0 Å². The molecule has 1 aromatic heterocycles. The number of nitrogens with zero attached hydrogens (tertiary/aromatic N) is 1. The SMILES string of the molecule is CC(O)CNCc1ccc2cn[nH]c2c1. The smallest absolute Gasteiger partial charge is 0.0653 e. The summed E-state index contributed by atoms with van der Waals surface area (Å²) in [6.45, 7) is 3.14. The molecule has 0 saturated heterocycles. The number of H-pyrrole nitrogens is 1. The maximum atomic E-state index is 9.09. The van der Waals surface area contributed by atoms with Crippen LogP contribution >= 0.6 is 0 Å². The van der Waals surface area contributed by atoms with E-state index in [1.165, 1.54) is 5.56 Å². The standard InChI is InChI=1S/C11H15N3O/c1-8(15)5-12-6-9-2-3-10-7-13-14-11(10)4-9/h2-4,7-8,12,15H,5-6H2,1H3,(H,13,14). The number of hydrogen-bond acceptors (Lipinski definition) is 3. The summed E-state index contributed by atoms with van der Waals surface area (Å²) in [6.07, 6.45) is 1.50. The number of aliphatic hydroxyl groups is 1. The summed E-state index contributed by atoms with van der Waals surface area (Å²) in [5.74, 6) is 0. The van der Waals surface area contributed by atoms with Crippen LogP contribution in [0.3, 0.4) is 0 Å². The molecule has 1 unspecified atom stereocenters. The van der Waals surface area contributed by atoms with E-state index in [0.717, 1.165) is 17.4 Å². The van der Waals surface area contributed by atoms with Crippen LogP contribution in [-0.4, -0.2) is 28.0 Å². The van der Waals surface area contributed by atoms with E-state index in [9.17, 15) is 0 Å². The minimum Gasteiger partial charge on any atom is -0.392 e. The Labute approximate surface area is 88.3 Å². The monoisotopic (exact) mass is 205 g/mol. The van der Waals surface area contributed by atoms with Crippen LogP contribution in [0, 0.1) is 0 Å². The number of fused-ring (bicyclic) bond motifs is 1. The van der Waals surface area contributed by atoms with Crippen LogP contribution in [-0.2, 0) is 6.54 Å². The summed E-state index contributed by atoms with van der Waals surface area (Å²) in [5.41, 5.74) is 2.23. The summed E-state index contributed by atoms with van der Waals surface area (Å²) in [4.78, 5) is 0. The number of aliphatic hydroxyl groups excluding tert-OH is 1. The van der Waals surface area contributed by atoms with Gasteiger partial charge in [0.1, 0.15) is 0 Å². The van der Waals surface area contributed by atoms with Crippen LogP contribution in [0.15, 0.2) is 24.4 Å². The normalized spacial score (nSPS) is 13.2. The highest BCUT2D eigenvalue weighted by Crippen LogP contribution is 2.12. The fraction of sp³-hybridized carbons (Fsp3) is 0.364. The Morgan fingerprint density at radius 3 is 3.20 bits per heavy atom. The number of aromatic amines is 1. The second-order valence-corrected chi connectivity index (χ2v) is 3.77. The number of aromatic nitrogens is 2. The predicted octanol–water partition coefficient (Wildman–Crippen LogP) is 1.03. The summed E-state index contributed by atoms with van der Waals surface area (Å²) in [5, 5.41) is 20.3. The Morgan fingerprint density at radius 1 is 1.53 bits per heavy atom. The van der Waals surface area contributed by atoms with Gasteiger partial charge in [0, 0.05) is 18.5 Å². The topological polar surface area (TPSA) is 60.9 Å². The van der Waals surface area contributed by atoms with Gasteiger partial charge in [-0.1, -0.05) is 12.1 Å². The molecule has 1 aromatic carbocycles. The molecule has 0 amide bonds. The highest BCUT2D eigenvalue weighted by molar-refractivity contribution is 5.78. The average Bonchev–Trinajstić information content (AvgIpc) is 2.64. The largest absolute Gasteiger partial charge is 0.392 e. The van der Waals surface area contributed by atoms with Gasteiger partial charge in [0.05, 0.1) is 17.8 Å². The van der Waals surface area contributed by atoms with E-state index >= 15 is 0 Å². The van der Waals surface area contributed by atoms with E-state index in [1.54, 1.807) is 6.92 Å². The highest BCUT2D eigenvalue weighted by atomic mass is 16.3. The number of nitrogens with one attached hydrogen (secondary N) is 2. The quantitative estimate of drug-likeness (QED) is 0.698. The first kappa shape index (κ1) is 10.1. The van der Waals surface area contributed by atoms with Crippen LogP contribution in [0.2, 0.25) is 0 Å². The van der Waals surface area contributed by atoms with Gasteiger partial charge in [0.15, 0.2) is 0 Å². The molecule has 0 aliphatic carbocycles. The fourth-order valence-electron chi connectivity index (χ4n) is 1.52. The first-order valence-electron chi connectivity index (χ1n) is 5.06. The van der Waals surface area contributed by atoms with Gasteiger partial charge < -0.3 is 10.4 Å². The van der Waals surface area contributed by atoms with E-state index < -0.39 is 0 Å². The van der Waals surface area contributed by atoms with Gasteiger partial charge in [0.2, 0.25) is 0 Å². The molecule has 4 nitrogen and oxygen atoms in total. The lowest BCUT2D eigenvalue weighted by Gasteiger charge is -2.06. The third-order valence-electron chi connectivity index (χ3n) is 2.28. The van der Waals surface area contributed by atoms with E-state index in [0.29, 0.717) is 6.54 Å². The zero-order chi connectivity index (χ0) is 10.7. The van der Waals surface area contributed by atoms with Crippen LogP contribution in [0.25, 0.3) is 10.9 Å². The Kier molecular flexibility index (Phi) is 2.99. The molecule has 80 valence electrons. The molecule has 0 bridgehead atoms. The van der Waals surface area contributed by atoms with Crippen LogP contribution in [0.5, 0.6) is 0 Å². The first-order valence-corrected chi connectivity index (χ1v) is 5.06. The van der Waals surface area contributed by atoms with Crippen molar-refractivity contribution in [2.75, 3.05) is 6.54 Å². The molecule has 1 heterocycles. The van der Waals surface area contributed by atoms with E-state index in [1.807, 2.05) is 12.3 Å². The van der Waals surface area contributed by atoms with Gasteiger partial charge in [-0.05, 0) is 18.6 Å². The molecule has 0 fully saturated rings. The molecule has 0 aliphatic heterocycles. The van der Waals surface area contributed by atoms with Gasteiger partial charge in [-0.15, -0.1) is 0 Å². The van der Waals surface area contributed by atoms with Crippen molar-refractivity contribution in [3.05, 3.63) is 30.0 Å². The van der Waals surface area contributed by atoms with Crippen molar-refractivity contribution in [3.63, 3.8) is 0 Å². The molecule has 1 atom stereocenters. The van der Waals surface area contributed by atoms with Gasteiger partial charge in [-0.2, -0.15) is 5.10 Å². The second kappa shape index (κ2) is 4.42. The number of benzene rings is 1. The zero-order valence-electron chi connectivity index (χ0n) is 8.70. The Hall–Kier alpha value is -1.39. The molecule has 0 aliphatic rings. The Balaban J connectivity index is 2.02. The molecule has 0 radical (unpaired) electrons. The summed E-state index contributed by atoms with van der Waals surface area (Å²) in [6, 6.07) is 6.17.